The lowest BCUT2D eigenvalue weighted by Gasteiger charge is -2.62. The summed E-state index contributed by atoms with van der Waals surface area (Å²) < 4.78 is 66.3. The van der Waals surface area contributed by atoms with Crippen molar-refractivity contribution in [1.82, 2.24) is 9.80 Å². The molecule has 6 rings (SSSR count). The highest BCUT2D eigenvalue weighted by atomic mass is 35.5. The van der Waals surface area contributed by atoms with E-state index in [9.17, 15) is 38.6 Å². The first-order valence-corrected chi connectivity index (χ1v) is 25.3. The number of carbonyl (C=O) groups is 3. The van der Waals surface area contributed by atoms with Crippen LogP contribution in [0.2, 0.25) is 5.02 Å². The molecule has 2 amide bonds. The predicted octanol–water partition coefficient (Wildman–Crippen LogP) is 7.55. The number of hydrogen-bond acceptors (Lipinski definition) is 16. The Morgan fingerprint density at radius 3 is 2.10 bits per heavy atom. The summed E-state index contributed by atoms with van der Waals surface area (Å²) in [6.07, 6.45) is 2.50. The second-order valence-corrected chi connectivity index (χ2v) is 20.0. The Labute approximate surface area is 414 Å². The number of amides is 2. The van der Waals surface area contributed by atoms with Gasteiger partial charge in [-0.3, -0.25) is 9.69 Å². The van der Waals surface area contributed by atoms with Gasteiger partial charge >= 0.3 is 12.2 Å². The average Bonchev–Trinajstić information content (AvgIpc) is 4.14. The van der Waals surface area contributed by atoms with Gasteiger partial charge in [0.2, 0.25) is 5.91 Å². The van der Waals surface area contributed by atoms with E-state index in [1.807, 2.05) is 61.2 Å². The molecule has 0 spiro atoms. The first kappa shape index (κ1) is 54.5. The topological polar surface area (TPSA) is 227 Å². The highest BCUT2D eigenvalue weighted by molar-refractivity contribution is 7.58. The smallest absolute Gasteiger partial charge is 0.496 e. The number of hydrogen-bond donors (Lipinski definition) is 0. The Bertz CT molecular complexity index is 2320. The average molecular weight is 1040 g/mol. The number of fused-ring (bicyclic) bond motifs is 1. The van der Waals surface area contributed by atoms with E-state index >= 15 is 4.79 Å². The highest BCUT2D eigenvalue weighted by Crippen LogP contribution is 2.65. The molecule has 5 unspecified atom stereocenters. The number of aryl methyl sites for hydroxylation is 2. The van der Waals surface area contributed by atoms with Crippen molar-refractivity contribution < 1.29 is 76.2 Å². The van der Waals surface area contributed by atoms with Crippen LogP contribution < -0.4 is 9.47 Å². The van der Waals surface area contributed by atoms with E-state index in [4.69, 9.17) is 44.8 Å². The summed E-state index contributed by atoms with van der Waals surface area (Å²) in [7, 11) is 0.483. The lowest BCUT2D eigenvalue weighted by Crippen LogP contribution is -2.76. The zero-order valence-electron chi connectivity index (χ0n) is 39.6. The molecule has 388 valence electrons. The standard InChI is InChI=1S/C47H58ClF2N4O16P/c1-31-25-35(10-15-39(31)62-3)27-51(36-11-12-36)44(55)32(2)43-47(26-34-8-6-33(7-9-34)5-4-16-65-42-38(50)14-13-37(49)41(42)48)29-71(30-68-46(57)67-22-18-64-20-24-70-54(60)61)28-40(47)52(43)45(56)66-21-17-63-19-23-69-53(58)59/h6-10,13-15,25,32,36,40,43H,4-5,11-12,16-24,26-30H2,1-3H3. The van der Waals surface area contributed by atoms with Crippen LogP contribution in [0.1, 0.15) is 48.4 Å². The summed E-state index contributed by atoms with van der Waals surface area (Å²) in [5, 5.41) is 18.6. The zero-order chi connectivity index (χ0) is 51.1. The van der Waals surface area contributed by atoms with Crippen molar-refractivity contribution in [2.24, 2.45) is 11.3 Å². The molecule has 71 heavy (non-hydrogen) atoms. The van der Waals surface area contributed by atoms with Gasteiger partial charge in [-0.1, -0.05) is 62.8 Å². The fraction of sp³-hybridized carbons (Fsp3) is 0.553. The van der Waals surface area contributed by atoms with E-state index in [1.54, 1.807) is 12.0 Å². The number of ether oxygens (including phenoxy) is 7. The van der Waals surface area contributed by atoms with Crippen LogP contribution in [0.4, 0.5) is 18.4 Å². The summed E-state index contributed by atoms with van der Waals surface area (Å²) in [5.41, 5.74) is 3.05. The molecular formula is C47H58ClF2N4O16P. The van der Waals surface area contributed by atoms with Crippen molar-refractivity contribution >= 4 is 37.7 Å². The number of methoxy groups -OCH3 is 1. The summed E-state index contributed by atoms with van der Waals surface area (Å²) in [4.78, 5) is 75.0. The van der Waals surface area contributed by atoms with E-state index in [0.29, 0.717) is 38.1 Å². The lowest BCUT2D eigenvalue weighted by molar-refractivity contribution is -0.758. The predicted molar refractivity (Wildman–Crippen MR) is 250 cm³/mol. The molecule has 3 aliphatic rings. The number of nitrogens with zero attached hydrogens (tertiary/aromatic N) is 4. The third-order valence-electron chi connectivity index (χ3n) is 12.5. The minimum Gasteiger partial charge on any atom is -0.496 e. The SMILES string of the molecule is COc1ccc(CN(C(=O)C(C)C2N(C(=O)OCCOCCO[N+](=O)[O-])C3CP(COC(=O)OCCOCCO[N+](=O)[O-])CC32Cc2ccc(CCCOc3c(F)ccc(F)c3Cl)cc2)C2CC2)cc1C. The molecule has 3 fully saturated rings. The van der Waals surface area contributed by atoms with Gasteiger partial charge in [0.15, 0.2) is 11.6 Å². The Balaban J connectivity index is 1.21. The molecule has 2 aliphatic heterocycles. The Morgan fingerprint density at radius 1 is 0.845 bits per heavy atom. The van der Waals surface area contributed by atoms with Gasteiger partial charge in [-0.25, -0.2) is 18.4 Å². The number of carbonyl (C=O) groups excluding carboxylic acids is 3. The lowest BCUT2D eigenvalue weighted by atomic mass is 9.59. The molecular weight excluding hydrogens is 981 g/mol. The number of benzene rings is 3. The van der Waals surface area contributed by atoms with Crippen LogP contribution in [0, 0.1) is 50.1 Å². The van der Waals surface area contributed by atoms with Gasteiger partial charge in [0, 0.05) is 24.0 Å². The second-order valence-electron chi connectivity index (χ2n) is 17.3. The van der Waals surface area contributed by atoms with E-state index in [-0.39, 0.29) is 83.5 Å². The molecule has 2 heterocycles. The third kappa shape index (κ3) is 14.9. The normalized spacial score (nSPS) is 19.4. The van der Waals surface area contributed by atoms with E-state index in [2.05, 4.69) is 9.68 Å². The Morgan fingerprint density at radius 2 is 1.46 bits per heavy atom. The first-order chi connectivity index (χ1) is 34.1. The Hall–Kier alpha value is -5.83. The van der Waals surface area contributed by atoms with Crippen LogP contribution in [-0.2, 0) is 57.5 Å². The van der Waals surface area contributed by atoms with E-state index in [1.165, 1.54) is 0 Å². The van der Waals surface area contributed by atoms with Crippen molar-refractivity contribution in [2.75, 3.05) is 85.2 Å². The highest BCUT2D eigenvalue weighted by Gasteiger charge is 2.69. The quantitative estimate of drug-likeness (QED) is 0.0163. The molecule has 0 radical (unpaired) electrons. The zero-order valence-corrected chi connectivity index (χ0v) is 41.3. The first-order valence-electron chi connectivity index (χ1n) is 23.1. The van der Waals surface area contributed by atoms with Crippen LogP contribution in [0.25, 0.3) is 0 Å². The van der Waals surface area contributed by atoms with Gasteiger partial charge in [-0.2, -0.15) is 0 Å². The maximum atomic E-state index is 15.0. The number of likely N-dealkylation sites (tertiary alicyclic amines) is 1. The van der Waals surface area contributed by atoms with Crippen LogP contribution in [0.3, 0.4) is 0 Å². The van der Waals surface area contributed by atoms with E-state index in [0.717, 1.165) is 53.0 Å². The molecule has 0 aromatic heterocycles. The van der Waals surface area contributed by atoms with Crippen molar-refractivity contribution in [1.29, 1.82) is 0 Å². The number of rotatable bonds is 29. The molecule has 3 aromatic carbocycles. The summed E-state index contributed by atoms with van der Waals surface area (Å²) >= 11 is 5.93. The van der Waals surface area contributed by atoms with Crippen LogP contribution >= 0.6 is 19.5 Å². The van der Waals surface area contributed by atoms with Gasteiger partial charge in [0.05, 0.1) is 52.1 Å². The summed E-state index contributed by atoms with van der Waals surface area (Å²) in [5.74, 6) is -2.02. The van der Waals surface area contributed by atoms with Crippen molar-refractivity contribution in [3.63, 3.8) is 0 Å². The fourth-order valence-corrected chi connectivity index (χ4v) is 12.5. The van der Waals surface area contributed by atoms with Gasteiger partial charge in [-0.15, -0.1) is 20.2 Å². The third-order valence-corrected chi connectivity index (χ3v) is 15.3. The molecule has 20 nitrogen and oxygen atoms in total. The molecule has 5 atom stereocenters. The molecule has 24 heteroatoms. The van der Waals surface area contributed by atoms with Gasteiger partial charge in [0.25, 0.3) is 10.2 Å². The van der Waals surface area contributed by atoms with Crippen molar-refractivity contribution in [2.45, 2.75) is 70.6 Å². The fourth-order valence-electron chi connectivity index (χ4n) is 9.29. The molecule has 1 saturated carbocycles. The molecule has 0 bridgehead atoms. The maximum absolute atomic E-state index is 15.0. The minimum absolute atomic E-state index is 0.00128. The van der Waals surface area contributed by atoms with Crippen LogP contribution in [-0.4, -0.2) is 141 Å². The summed E-state index contributed by atoms with van der Waals surface area (Å²) in [6.45, 7) is 2.95. The Kier molecular flexibility index (Phi) is 20.0. The van der Waals surface area contributed by atoms with Gasteiger partial charge in [-0.05, 0) is 91.8 Å². The molecule has 1 aliphatic carbocycles. The van der Waals surface area contributed by atoms with E-state index < -0.39 is 70.4 Å². The van der Waals surface area contributed by atoms with Gasteiger partial charge < -0.3 is 47.7 Å². The maximum Gasteiger partial charge on any atom is 0.508 e. The van der Waals surface area contributed by atoms with Crippen LogP contribution in [0.15, 0.2) is 54.6 Å². The summed E-state index contributed by atoms with van der Waals surface area (Å²) in [6, 6.07) is 14.5. The second kappa shape index (κ2) is 26.0. The minimum atomic E-state index is -1.12. The largest absolute Gasteiger partial charge is 0.508 e. The molecule has 3 aromatic rings. The molecule has 2 saturated heterocycles. The van der Waals surface area contributed by atoms with Crippen molar-refractivity contribution in [3.8, 4) is 11.5 Å². The van der Waals surface area contributed by atoms with Crippen LogP contribution in [0.5, 0.6) is 11.5 Å². The monoisotopic (exact) mass is 1040 g/mol. The molecule has 0 N–H and O–H groups in total. The van der Waals surface area contributed by atoms with Gasteiger partial charge in [0.1, 0.15) is 49.4 Å². The number of halogens is 3. The van der Waals surface area contributed by atoms with Crippen molar-refractivity contribution in [3.05, 3.63) is 114 Å².